The van der Waals surface area contributed by atoms with Crippen molar-refractivity contribution in [2.45, 2.75) is 62.8 Å². The van der Waals surface area contributed by atoms with E-state index in [4.69, 9.17) is 9.57 Å². The van der Waals surface area contributed by atoms with E-state index < -0.39 is 49.3 Å². The number of para-hydroxylation sites is 1. The van der Waals surface area contributed by atoms with Gasteiger partial charge in [0.05, 0.1) is 23.6 Å². The molecule has 2 unspecified atom stereocenters. The Morgan fingerprint density at radius 1 is 1.17 bits per heavy atom. The topological polar surface area (TPSA) is 143 Å². The summed E-state index contributed by atoms with van der Waals surface area (Å²) in [6, 6.07) is 14.1. The van der Waals surface area contributed by atoms with E-state index >= 15 is 0 Å². The highest BCUT2D eigenvalue weighted by molar-refractivity contribution is 7.89. The second-order valence-electron chi connectivity index (χ2n) is 9.25. The quantitative estimate of drug-likeness (QED) is 0.397. The van der Waals surface area contributed by atoms with Crippen molar-refractivity contribution in [2.24, 2.45) is 0 Å². The van der Waals surface area contributed by atoms with E-state index in [1.165, 1.54) is 17.0 Å². The number of ether oxygens (including phenoxy) is 1. The first-order chi connectivity index (χ1) is 16.9. The molecule has 0 saturated carbocycles. The van der Waals surface area contributed by atoms with Gasteiger partial charge < -0.3 is 4.74 Å². The number of hydrogen-bond acceptors (Lipinski definition) is 8. The van der Waals surface area contributed by atoms with E-state index in [9.17, 15) is 28.6 Å². The number of benzene rings is 2. The Kier molecular flexibility index (Phi) is 8.29. The van der Waals surface area contributed by atoms with Crippen LogP contribution in [0.25, 0.3) is 0 Å². The molecule has 12 heteroatoms. The number of nitriles is 1. The number of hydroxylamine groups is 1. The van der Waals surface area contributed by atoms with Gasteiger partial charge in [-0.15, -0.1) is 0 Å². The lowest BCUT2D eigenvalue weighted by Crippen LogP contribution is -2.55. The van der Waals surface area contributed by atoms with E-state index in [2.05, 4.69) is 6.07 Å². The minimum absolute atomic E-state index is 0.134. The third kappa shape index (κ3) is 6.37. The molecular formula is C24H28N4O7S. The number of nitrogens with zero attached hydrogens (tertiary/aromatic N) is 4. The summed E-state index contributed by atoms with van der Waals surface area (Å²) in [4.78, 5) is 30.1. The summed E-state index contributed by atoms with van der Waals surface area (Å²) < 4.78 is 33.6. The first-order valence-electron chi connectivity index (χ1n) is 11.3. The molecule has 0 aromatic heterocycles. The molecule has 2 atom stereocenters. The van der Waals surface area contributed by atoms with E-state index in [1.54, 1.807) is 51.1 Å². The van der Waals surface area contributed by atoms with Gasteiger partial charge in [0, 0.05) is 12.6 Å². The Labute approximate surface area is 210 Å². The van der Waals surface area contributed by atoms with Crippen LogP contribution >= 0.6 is 0 Å². The predicted octanol–water partition coefficient (Wildman–Crippen LogP) is 4.01. The maximum atomic E-state index is 13.7. The van der Waals surface area contributed by atoms with Gasteiger partial charge in [0.25, 0.3) is 15.7 Å². The zero-order valence-corrected chi connectivity index (χ0v) is 21.1. The molecule has 1 saturated heterocycles. The molecule has 0 N–H and O–H groups in total. The van der Waals surface area contributed by atoms with Crippen LogP contribution in [0.2, 0.25) is 0 Å². The van der Waals surface area contributed by atoms with Gasteiger partial charge in [0.15, 0.2) is 4.90 Å². The molecule has 2 aromatic rings. The zero-order valence-electron chi connectivity index (χ0n) is 20.2. The fraction of sp³-hybridized carbons (Fsp3) is 0.417. The number of amides is 1. The summed E-state index contributed by atoms with van der Waals surface area (Å²) in [6.07, 6.45) is -0.408. The lowest BCUT2D eigenvalue weighted by Gasteiger charge is -2.40. The molecule has 1 aliphatic rings. The molecule has 3 rings (SSSR count). The molecule has 1 heterocycles. The Morgan fingerprint density at radius 2 is 1.81 bits per heavy atom. The standard InChI is InChI=1S/C24H28N4O7S/c1-24(2,3)35-23(29)26-16-20(14-13-19(26)15-25)28(34-17-18-9-5-4-6-10-18)36(32,33)22-12-8-7-11-21(22)27(30)31/h4-12,19-20H,13-14,16-17H2,1-3H3. The highest BCUT2D eigenvalue weighted by Gasteiger charge is 2.43. The first kappa shape index (κ1) is 27.1. The van der Waals surface area contributed by atoms with Crippen LogP contribution < -0.4 is 0 Å². The van der Waals surface area contributed by atoms with Gasteiger partial charge in [0.1, 0.15) is 11.6 Å². The number of carbonyl (C=O) groups is 1. The van der Waals surface area contributed by atoms with Crippen molar-refractivity contribution in [2.75, 3.05) is 6.54 Å². The molecule has 0 spiro atoms. The average Bonchev–Trinajstić information content (AvgIpc) is 2.83. The summed E-state index contributed by atoms with van der Waals surface area (Å²) >= 11 is 0. The lowest BCUT2D eigenvalue weighted by molar-refractivity contribution is -0.388. The highest BCUT2D eigenvalue weighted by atomic mass is 32.2. The average molecular weight is 517 g/mol. The van der Waals surface area contributed by atoms with Crippen LogP contribution in [0, 0.1) is 21.4 Å². The molecule has 1 amide bonds. The maximum Gasteiger partial charge on any atom is 0.411 e. The van der Waals surface area contributed by atoms with Crippen molar-refractivity contribution in [1.82, 2.24) is 9.37 Å². The van der Waals surface area contributed by atoms with E-state index in [-0.39, 0.29) is 26.0 Å². The van der Waals surface area contributed by atoms with Gasteiger partial charge >= 0.3 is 6.09 Å². The number of rotatable bonds is 7. The number of sulfonamides is 1. The Balaban J connectivity index is 1.99. The predicted molar refractivity (Wildman–Crippen MR) is 129 cm³/mol. The zero-order chi connectivity index (χ0) is 26.5. The van der Waals surface area contributed by atoms with Crippen LogP contribution in [0.1, 0.15) is 39.2 Å². The van der Waals surface area contributed by atoms with Crippen molar-refractivity contribution in [3.63, 3.8) is 0 Å². The summed E-state index contributed by atoms with van der Waals surface area (Å²) in [5.74, 6) is 0. The van der Waals surface area contributed by atoms with Gasteiger partial charge in [-0.25, -0.2) is 13.2 Å². The van der Waals surface area contributed by atoms with Crippen molar-refractivity contribution in [3.8, 4) is 6.07 Å². The maximum absolute atomic E-state index is 13.7. The number of carbonyl (C=O) groups excluding carboxylic acids is 1. The minimum Gasteiger partial charge on any atom is -0.444 e. The van der Waals surface area contributed by atoms with Crippen molar-refractivity contribution < 1.29 is 27.7 Å². The molecule has 0 aliphatic carbocycles. The second-order valence-corrected chi connectivity index (χ2v) is 11.0. The Morgan fingerprint density at radius 3 is 2.42 bits per heavy atom. The molecule has 36 heavy (non-hydrogen) atoms. The molecule has 0 radical (unpaired) electrons. The Bertz CT molecular complexity index is 1240. The minimum atomic E-state index is -4.55. The van der Waals surface area contributed by atoms with E-state index in [0.29, 0.717) is 5.56 Å². The number of hydrogen-bond donors (Lipinski definition) is 0. The number of nitro groups is 1. The molecular weight excluding hydrogens is 488 g/mol. The second kappa shape index (κ2) is 11.0. The molecule has 11 nitrogen and oxygen atoms in total. The van der Waals surface area contributed by atoms with Gasteiger partial charge in [-0.05, 0) is 45.2 Å². The van der Waals surface area contributed by atoms with E-state index in [0.717, 1.165) is 16.6 Å². The van der Waals surface area contributed by atoms with Crippen molar-refractivity contribution >= 4 is 21.8 Å². The Hall–Kier alpha value is -3.53. The highest BCUT2D eigenvalue weighted by Crippen LogP contribution is 2.32. The molecule has 0 bridgehead atoms. The van der Waals surface area contributed by atoms with Crippen LogP contribution in [0.5, 0.6) is 0 Å². The van der Waals surface area contributed by atoms with Gasteiger partial charge in [0.2, 0.25) is 0 Å². The summed E-state index contributed by atoms with van der Waals surface area (Å²) in [5.41, 5.74) is -0.750. The molecule has 1 aliphatic heterocycles. The third-order valence-electron chi connectivity index (χ3n) is 5.41. The van der Waals surface area contributed by atoms with Gasteiger partial charge in [-0.2, -0.15) is 5.26 Å². The normalized spacial score (nSPS) is 18.5. The van der Waals surface area contributed by atoms with Crippen LogP contribution in [-0.4, -0.2) is 53.0 Å². The van der Waals surface area contributed by atoms with Crippen LogP contribution in [-0.2, 0) is 26.2 Å². The fourth-order valence-corrected chi connectivity index (χ4v) is 5.39. The van der Waals surface area contributed by atoms with Gasteiger partial charge in [-0.1, -0.05) is 46.9 Å². The van der Waals surface area contributed by atoms with Crippen molar-refractivity contribution in [1.29, 1.82) is 5.26 Å². The fourth-order valence-electron chi connectivity index (χ4n) is 3.79. The SMILES string of the molecule is CC(C)(C)OC(=O)N1CC(N(OCc2ccccc2)S(=O)(=O)c2ccccc2[N+](=O)[O-])CCC1C#N. The first-order valence-corrected chi connectivity index (χ1v) is 12.7. The third-order valence-corrected chi connectivity index (χ3v) is 7.19. The number of nitro benzene ring substituents is 1. The van der Waals surface area contributed by atoms with Crippen LogP contribution in [0.4, 0.5) is 10.5 Å². The monoisotopic (exact) mass is 516 g/mol. The summed E-state index contributed by atoms with van der Waals surface area (Å²) in [7, 11) is -4.55. The number of likely N-dealkylation sites (tertiary alicyclic amines) is 1. The van der Waals surface area contributed by atoms with Gasteiger partial charge in [-0.3, -0.25) is 19.9 Å². The summed E-state index contributed by atoms with van der Waals surface area (Å²) in [5, 5.41) is 21.2. The molecule has 1 fully saturated rings. The molecule has 192 valence electrons. The largest absolute Gasteiger partial charge is 0.444 e. The van der Waals surface area contributed by atoms with E-state index in [1.807, 2.05) is 0 Å². The lowest BCUT2D eigenvalue weighted by atomic mass is 10.00. The van der Waals surface area contributed by atoms with Crippen LogP contribution in [0.15, 0.2) is 59.5 Å². The molecule has 2 aromatic carbocycles. The number of piperidine rings is 1. The smallest absolute Gasteiger partial charge is 0.411 e. The summed E-state index contributed by atoms with van der Waals surface area (Å²) in [6.45, 7) is 4.72. The van der Waals surface area contributed by atoms with Crippen molar-refractivity contribution in [3.05, 3.63) is 70.3 Å². The van der Waals surface area contributed by atoms with Crippen LogP contribution in [0.3, 0.4) is 0 Å².